The molecular weight excluding hydrogens is 174 g/mol. The standard InChI is InChI=1S/C12H8NO/c14-12(10-5-2-1-3-6-10)11-7-4-8-13-9-11/h1-3,5-9H. The number of hydrogen-bond donors (Lipinski definition) is 0. The summed E-state index contributed by atoms with van der Waals surface area (Å²) in [6.07, 6.45) is 3.08. The van der Waals surface area contributed by atoms with Gasteiger partial charge in [-0.25, -0.2) is 0 Å². The van der Waals surface area contributed by atoms with E-state index in [0.717, 1.165) is 0 Å². The van der Waals surface area contributed by atoms with Gasteiger partial charge in [0.25, 0.3) is 0 Å². The highest BCUT2D eigenvalue weighted by atomic mass is 16.1. The van der Waals surface area contributed by atoms with Gasteiger partial charge in [0.2, 0.25) is 0 Å². The maximum absolute atomic E-state index is 11.8. The van der Waals surface area contributed by atoms with Crippen LogP contribution in [0.15, 0.2) is 48.8 Å². The molecule has 0 spiro atoms. The summed E-state index contributed by atoms with van der Waals surface area (Å²) in [5.74, 6) is -0.0186. The van der Waals surface area contributed by atoms with Crippen LogP contribution in [0.4, 0.5) is 0 Å². The lowest BCUT2D eigenvalue weighted by atomic mass is 10.1. The van der Waals surface area contributed by atoms with Gasteiger partial charge in [-0.05, 0) is 6.07 Å². The van der Waals surface area contributed by atoms with Crippen LogP contribution >= 0.6 is 0 Å². The number of nitrogens with zero attached hydrogens (tertiary/aromatic N) is 1. The zero-order valence-corrected chi connectivity index (χ0v) is 7.47. The van der Waals surface area contributed by atoms with Gasteiger partial charge in [0.15, 0.2) is 5.78 Å². The van der Waals surface area contributed by atoms with E-state index in [-0.39, 0.29) is 5.78 Å². The molecule has 2 rings (SSSR count). The maximum atomic E-state index is 11.8. The van der Waals surface area contributed by atoms with Crippen LogP contribution in [0.3, 0.4) is 0 Å². The van der Waals surface area contributed by atoms with Crippen LogP contribution in [0.5, 0.6) is 0 Å². The van der Waals surface area contributed by atoms with Gasteiger partial charge in [0.1, 0.15) is 0 Å². The molecule has 0 bridgehead atoms. The lowest BCUT2D eigenvalue weighted by molar-refractivity contribution is 0.103. The van der Waals surface area contributed by atoms with E-state index in [4.69, 9.17) is 0 Å². The summed E-state index contributed by atoms with van der Waals surface area (Å²) < 4.78 is 0. The third-order valence-electron chi connectivity index (χ3n) is 1.90. The largest absolute Gasteiger partial charge is 0.289 e. The smallest absolute Gasteiger partial charge is 0.194 e. The molecule has 1 radical (unpaired) electrons. The molecule has 0 saturated carbocycles. The highest BCUT2D eigenvalue weighted by molar-refractivity contribution is 6.08. The van der Waals surface area contributed by atoms with Crippen LogP contribution in [0.1, 0.15) is 15.9 Å². The molecule has 0 amide bonds. The molecule has 14 heavy (non-hydrogen) atoms. The number of aromatic nitrogens is 1. The fourth-order valence-electron chi connectivity index (χ4n) is 1.21. The van der Waals surface area contributed by atoms with Crippen molar-refractivity contribution in [3.63, 3.8) is 0 Å². The molecule has 0 aliphatic rings. The molecule has 0 atom stereocenters. The monoisotopic (exact) mass is 182 g/mol. The van der Waals surface area contributed by atoms with Gasteiger partial charge in [-0.1, -0.05) is 30.3 Å². The zero-order chi connectivity index (χ0) is 9.80. The van der Waals surface area contributed by atoms with Gasteiger partial charge >= 0.3 is 0 Å². The van der Waals surface area contributed by atoms with Crippen LogP contribution in [-0.4, -0.2) is 10.8 Å². The molecule has 0 saturated heterocycles. The van der Waals surface area contributed by atoms with Crippen LogP contribution in [-0.2, 0) is 0 Å². The highest BCUT2D eigenvalue weighted by Gasteiger charge is 2.06. The Bertz CT molecular complexity index is 381. The predicted molar refractivity (Wildman–Crippen MR) is 52.9 cm³/mol. The number of ketones is 1. The van der Waals surface area contributed by atoms with E-state index in [1.54, 1.807) is 24.4 Å². The van der Waals surface area contributed by atoms with Crippen molar-refractivity contribution in [3.8, 4) is 0 Å². The molecule has 0 unspecified atom stereocenters. The molecule has 0 aliphatic heterocycles. The Balaban J connectivity index is 2.35. The first-order valence-corrected chi connectivity index (χ1v) is 4.29. The van der Waals surface area contributed by atoms with Gasteiger partial charge in [-0.15, -0.1) is 0 Å². The molecule has 2 nitrogen and oxygen atoms in total. The van der Waals surface area contributed by atoms with Crippen molar-refractivity contribution in [2.75, 3.05) is 0 Å². The fraction of sp³-hybridized carbons (Fsp3) is 0. The Morgan fingerprint density at radius 1 is 1.14 bits per heavy atom. The molecule has 1 heterocycles. The van der Waals surface area contributed by atoms with E-state index in [0.29, 0.717) is 11.1 Å². The van der Waals surface area contributed by atoms with Crippen molar-refractivity contribution in [1.29, 1.82) is 0 Å². The summed E-state index contributed by atoms with van der Waals surface area (Å²) in [5, 5.41) is 0. The summed E-state index contributed by atoms with van der Waals surface area (Å²) >= 11 is 0. The summed E-state index contributed by atoms with van der Waals surface area (Å²) in [6, 6.07) is 13.6. The second-order valence-corrected chi connectivity index (χ2v) is 2.87. The van der Waals surface area contributed by atoms with Gasteiger partial charge in [0.05, 0.1) is 0 Å². The van der Waals surface area contributed by atoms with Crippen LogP contribution < -0.4 is 0 Å². The fourth-order valence-corrected chi connectivity index (χ4v) is 1.21. The Hall–Kier alpha value is -1.96. The Morgan fingerprint density at radius 2 is 1.93 bits per heavy atom. The van der Waals surface area contributed by atoms with Crippen molar-refractivity contribution < 1.29 is 4.79 Å². The molecule has 0 aliphatic carbocycles. The second kappa shape index (κ2) is 3.83. The lowest BCUT2D eigenvalue weighted by Crippen LogP contribution is -2.00. The average Bonchev–Trinajstić information content (AvgIpc) is 2.30. The minimum atomic E-state index is -0.0186. The summed E-state index contributed by atoms with van der Waals surface area (Å²) in [6.45, 7) is 0. The van der Waals surface area contributed by atoms with Gasteiger partial charge in [0, 0.05) is 29.6 Å². The molecule has 67 valence electrons. The SMILES string of the molecule is O=C(c1ccccc1)c1c[c]cnc1. The molecular formula is C12H8NO. The summed E-state index contributed by atoms with van der Waals surface area (Å²) in [5.41, 5.74) is 1.24. The van der Waals surface area contributed by atoms with Crippen molar-refractivity contribution in [2.45, 2.75) is 0 Å². The zero-order valence-electron chi connectivity index (χ0n) is 7.47. The Labute approximate surface area is 82.2 Å². The third-order valence-corrected chi connectivity index (χ3v) is 1.90. The molecule has 2 aromatic rings. The van der Waals surface area contributed by atoms with E-state index in [9.17, 15) is 4.79 Å². The van der Waals surface area contributed by atoms with Crippen LogP contribution in [0.2, 0.25) is 0 Å². The lowest BCUT2D eigenvalue weighted by Gasteiger charge is -1.98. The molecule has 1 aromatic carbocycles. The molecule has 0 fully saturated rings. The third kappa shape index (κ3) is 1.69. The minimum Gasteiger partial charge on any atom is -0.289 e. The van der Waals surface area contributed by atoms with Crippen molar-refractivity contribution >= 4 is 5.78 Å². The van der Waals surface area contributed by atoms with E-state index in [1.807, 2.05) is 18.2 Å². The van der Waals surface area contributed by atoms with Crippen molar-refractivity contribution in [2.24, 2.45) is 0 Å². The first-order chi connectivity index (χ1) is 6.88. The normalized spacial score (nSPS) is 9.71. The van der Waals surface area contributed by atoms with E-state index < -0.39 is 0 Å². The van der Waals surface area contributed by atoms with Gasteiger partial charge in [-0.3, -0.25) is 9.78 Å². The van der Waals surface area contributed by atoms with Gasteiger partial charge in [-0.2, -0.15) is 0 Å². The molecule has 0 N–H and O–H groups in total. The topological polar surface area (TPSA) is 30.0 Å². The highest BCUT2D eigenvalue weighted by Crippen LogP contribution is 2.07. The number of rotatable bonds is 2. The number of carbonyl (C=O) groups is 1. The van der Waals surface area contributed by atoms with Crippen molar-refractivity contribution in [3.05, 3.63) is 66.0 Å². The number of carbonyl (C=O) groups excluding carboxylic acids is 1. The van der Waals surface area contributed by atoms with Crippen LogP contribution in [0, 0.1) is 6.07 Å². The second-order valence-electron chi connectivity index (χ2n) is 2.87. The predicted octanol–water partition coefficient (Wildman–Crippen LogP) is 2.11. The molecule has 2 heteroatoms. The molecule has 1 aromatic heterocycles. The number of hydrogen-bond acceptors (Lipinski definition) is 2. The minimum absolute atomic E-state index is 0.0186. The maximum Gasteiger partial charge on any atom is 0.194 e. The first kappa shape index (κ1) is 8.63. The average molecular weight is 182 g/mol. The Morgan fingerprint density at radius 3 is 2.57 bits per heavy atom. The van der Waals surface area contributed by atoms with E-state index >= 15 is 0 Å². The number of benzene rings is 1. The quantitative estimate of drug-likeness (QED) is 0.666. The summed E-state index contributed by atoms with van der Waals surface area (Å²) in [4.78, 5) is 15.6. The summed E-state index contributed by atoms with van der Waals surface area (Å²) in [7, 11) is 0. The van der Waals surface area contributed by atoms with E-state index in [1.165, 1.54) is 6.20 Å². The van der Waals surface area contributed by atoms with Gasteiger partial charge < -0.3 is 0 Å². The van der Waals surface area contributed by atoms with Crippen molar-refractivity contribution in [1.82, 2.24) is 4.98 Å². The Kier molecular flexibility index (Phi) is 2.36. The van der Waals surface area contributed by atoms with Crippen LogP contribution in [0.25, 0.3) is 0 Å². The van der Waals surface area contributed by atoms with E-state index in [2.05, 4.69) is 11.1 Å². The number of pyridine rings is 1. The first-order valence-electron chi connectivity index (χ1n) is 4.29.